The van der Waals surface area contributed by atoms with Gasteiger partial charge in [-0.3, -0.25) is 0 Å². The lowest BCUT2D eigenvalue weighted by molar-refractivity contribution is 0.888. The molecular weight excluding hydrogens is 218 g/mol. The van der Waals surface area contributed by atoms with E-state index in [1.165, 1.54) is 17.1 Å². The number of anilines is 2. The molecule has 2 rings (SSSR count). The maximum atomic E-state index is 5.71. The number of nitrogens with zero attached hydrogens (tertiary/aromatic N) is 1. The third-order valence-electron chi connectivity index (χ3n) is 2.61. The molecular formula is C12H15N3S. The molecule has 0 aliphatic rings. The van der Waals surface area contributed by atoms with Gasteiger partial charge in [0, 0.05) is 11.6 Å². The molecule has 0 saturated carbocycles. The van der Waals surface area contributed by atoms with Crippen molar-refractivity contribution in [1.82, 2.24) is 4.37 Å². The Labute approximate surface area is 99.5 Å². The first kappa shape index (κ1) is 11.0. The van der Waals surface area contributed by atoms with Gasteiger partial charge in [0.25, 0.3) is 0 Å². The van der Waals surface area contributed by atoms with Gasteiger partial charge < -0.3 is 11.1 Å². The molecule has 1 aromatic heterocycles. The predicted octanol–water partition coefficient (Wildman–Crippen LogP) is 3.21. The van der Waals surface area contributed by atoms with Gasteiger partial charge in [0.2, 0.25) is 0 Å². The predicted molar refractivity (Wildman–Crippen MR) is 69.7 cm³/mol. The lowest BCUT2D eigenvalue weighted by atomic mass is 10.1. The Morgan fingerprint density at radius 1 is 1.31 bits per heavy atom. The van der Waals surface area contributed by atoms with Gasteiger partial charge in [-0.2, -0.15) is 4.37 Å². The maximum Gasteiger partial charge on any atom is 0.142 e. The average Bonchev–Trinajstić information content (AvgIpc) is 2.62. The van der Waals surface area contributed by atoms with E-state index in [-0.39, 0.29) is 6.04 Å². The molecule has 2 aromatic rings. The first-order valence-corrected chi connectivity index (χ1v) is 5.99. The summed E-state index contributed by atoms with van der Waals surface area (Å²) in [7, 11) is 0. The van der Waals surface area contributed by atoms with Gasteiger partial charge in [-0.25, -0.2) is 0 Å². The van der Waals surface area contributed by atoms with Gasteiger partial charge >= 0.3 is 0 Å². The molecule has 0 spiro atoms. The van der Waals surface area contributed by atoms with Crippen LogP contribution in [0.1, 0.15) is 24.1 Å². The lowest BCUT2D eigenvalue weighted by Gasteiger charge is -2.14. The topological polar surface area (TPSA) is 50.9 Å². The summed E-state index contributed by atoms with van der Waals surface area (Å²) in [4.78, 5) is 0. The highest BCUT2D eigenvalue weighted by molar-refractivity contribution is 7.10. The number of benzene rings is 1. The van der Waals surface area contributed by atoms with E-state index in [4.69, 9.17) is 5.73 Å². The van der Waals surface area contributed by atoms with Crippen LogP contribution in [-0.2, 0) is 0 Å². The minimum absolute atomic E-state index is 0.264. The van der Waals surface area contributed by atoms with Gasteiger partial charge in [0.05, 0.1) is 0 Å². The summed E-state index contributed by atoms with van der Waals surface area (Å²) in [6, 6.07) is 10.6. The van der Waals surface area contributed by atoms with Crippen molar-refractivity contribution in [2.24, 2.45) is 0 Å². The Bertz CT molecular complexity index is 464. The Balaban J connectivity index is 2.14. The molecule has 1 atom stereocenters. The summed E-state index contributed by atoms with van der Waals surface area (Å²) in [6.07, 6.45) is 0. The minimum Gasteiger partial charge on any atom is -0.383 e. The standard InChI is InChI=1S/C12H15N3S/c1-8-11(13)15-16-12(8)14-9(2)10-6-4-3-5-7-10/h3-7,9,14H,1-2H3,(H2,13,15). The fourth-order valence-electron chi connectivity index (χ4n) is 1.50. The highest BCUT2D eigenvalue weighted by Crippen LogP contribution is 2.29. The molecule has 0 bridgehead atoms. The number of nitrogens with one attached hydrogen (secondary N) is 1. The SMILES string of the molecule is Cc1c(N)nsc1NC(C)c1ccccc1. The summed E-state index contributed by atoms with van der Waals surface area (Å²) in [6.45, 7) is 4.11. The van der Waals surface area contributed by atoms with Gasteiger partial charge in [0.1, 0.15) is 10.8 Å². The molecule has 0 radical (unpaired) electrons. The molecule has 0 aliphatic carbocycles. The lowest BCUT2D eigenvalue weighted by Crippen LogP contribution is -2.06. The molecule has 1 unspecified atom stereocenters. The van der Waals surface area contributed by atoms with Crippen molar-refractivity contribution in [3.05, 3.63) is 41.5 Å². The van der Waals surface area contributed by atoms with Crippen molar-refractivity contribution in [1.29, 1.82) is 0 Å². The van der Waals surface area contributed by atoms with E-state index in [0.717, 1.165) is 10.6 Å². The Kier molecular flexibility index (Phi) is 3.10. The Hall–Kier alpha value is -1.55. The normalized spacial score (nSPS) is 12.4. The van der Waals surface area contributed by atoms with Crippen molar-refractivity contribution in [2.45, 2.75) is 19.9 Å². The zero-order valence-corrected chi connectivity index (χ0v) is 10.2. The molecule has 84 valence electrons. The smallest absolute Gasteiger partial charge is 0.142 e. The number of hydrogen-bond acceptors (Lipinski definition) is 4. The number of nitrogen functional groups attached to an aromatic ring is 1. The second kappa shape index (κ2) is 4.53. The summed E-state index contributed by atoms with van der Waals surface area (Å²) < 4.78 is 4.12. The fraction of sp³-hybridized carbons (Fsp3) is 0.250. The molecule has 3 nitrogen and oxygen atoms in total. The molecule has 16 heavy (non-hydrogen) atoms. The van der Waals surface area contributed by atoms with Gasteiger partial charge in [-0.15, -0.1) is 0 Å². The molecule has 4 heteroatoms. The number of aromatic nitrogens is 1. The molecule has 3 N–H and O–H groups in total. The Morgan fingerprint density at radius 2 is 2.00 bits per heavy atom. The summed E-state index contributed by atoms with van der Waals surface area (Å²) >= 11 is 1.41. The van der Waals surface area contributed by atoms with Crippen molar-refractivity contribution in [3.63, 3.8) is 0 Å². The molecule has 1 heterocycles. The van der Waals surface area contributed by atoms with E-state index in [1.54, 1.807) is 0 Å². The first-order valence-electron chi connectivity index (χ1n) is 5.21. The van der Waals surface area contributed by atoms with E-state index < -0.39 is 0 Å². The molecule has 0 fully saturated rings. The van der Waals surface area contributed by atoms with Crippen molar-refractivity contribution >= 4 is 22.4 Å². The van der Waals surface area contributed by atoms with Crippen LogP contribution in [0, 0.1) is 6.92 Å². The van der Waals surface area contributed by atoms with Crippen molar-refractivity contribution < 1.29 is 0 Å². The van der Waals surface area contributed by atoms with Crippen LogP contribution < -0.4 is 11.1 Å². The van der Waals surface area contributed by atoms with Crippen molar-refractivity contribution in [3.8, 4) is 0 Å². The van der Waals surface area contributed by atoms with E-state index in [9.17, 15) is 0 Å². The molecule has 0 saturated heterocycles. The van der Waals surface area contributed by atoms with E-state index in [0.29, 0.717) is 5.82 Å². The summed E-state index contributed by atoms with van der Waals surface area (Å²) in [5.74, 6) is 0.618. The van der Waals surface area contributed by atoms with E-state index >= 15 is 0 Å². The average molecular weight is 233 g/mol. The van der Waals surface area contributed by atoms with Crippen molar-refractivity contribution in [2.75, 3.05) is 11.1 Å². The van der Waals surface area contributed by atoms with Gasteiger partial charge in [0.15, 0.2) is 0 Å². The van der Waals surface area contributed by atoms with Gasteiger partial charge in [-0.05, 0) is 30.9 Å². The largest absolute Gasteiger partial charge is 0.383 e. The van der Waals surface area contributed by atoms with Crippen LogP contribution in [0.3, 0.4) is 0 Å². The summed E-state index contributed by atoms with van der Waals surface area (Å²) in [5, 5.41) is 4.47. The van der Waals surface area contributed by atoms with E-state index in [1.807, 2.05) is 25.1 Å². The highest BCUT2D eigenvalue weighted by atomic mass is 32.1. The van der Waals surface area contributed by atoms with Gasteiger partial charge in [-0.1, -0.05) is 30.3 Å². The quantitative estimate of drug-likeness (QED) is 0.856. The van der Waals surface area contributed by atoms with Crippen LogP contribution in [0.15, 0.2) is 30.3 Å². The van der Waals surface area contributed by atoms with E-state index in [2.05, 4.69) is 28.7 Å². The zero-order valence-electron chi connectivity index (χ0n) is 9.40. The van der Waals surface area contributed by atoms with Crippen LogP contribution >= 0.6 is 11.5 Å². The maximum absolute atomic E-state index is 5.71. The number of nitrogens with two attached hydrogens (primary N) is 1. The van der Waals surface area contributed by atoms with Crippen LogP contribution in [-0.4, -0.2) is 4.37 Å². The third-order valence-corrected chi connectivity index (χ3v) is 3.50. The second-order valence-corrected chi connectivity index (χ2v) is 4.57. The summed E-state index contributed by atoms with van der Waals surface area (Å²) in [5.41, 5.74) is 8.01. The van der Waals surface area contributed by atoms with Crippen LogP contribution in [0.25, 0.3) is 0 Å². The zero-order chi connectivity index (χ0) is 11.5. The van der Waals surface area contributed by atoms with Crippen LogP contribution in [0.2, 0.25) is 0 Å². The first-order chi connectivity index (χ1) is 7.68. The fourth-order valence-corrected chi connectivity index (χ4v) is 2.30. The monoisotopic (exact) mass is 233 g/mol. The molecule has 1 aromatic carbocycles. The van der Waals surface area contributed by atoms with Crippen LogP contribution in [0.4, 0.5) is 10.8 Å². The highest BCUT2D eigenvalue weighted by Gasteiger charge is 2.10. The second-order valence-electron chi connectivity index (χ2n) is 3.80. The number of hydrogen-bond donors (Lipinski definition) is 2. The molecule has 0 amide bonds. The Morgan fingerprint density at radius 3 is 2.56 bits per heavy atom. The third kappa shape index (κ3) is 2.17. The molecule has 0 aliphatic heterocycles. The number of rotatable bonds is 3. The minimum atomic E-state index is 0.264. The van der Waals surface area contributed by atoms with Crippen LogP contribution in [0.5, 0.6) is 0 Å².